The van der Waals surface area contributed by atoms with Gasteiger partial charge in [-0.15, -0.1) is 11.3 Å². The maximum Gasteiger partial charge on any atom is 0.350 e. The molecule has 0 saturated carbocycles. The zero-order chi connectivity index (χ0) is 16.6. The van der Waals surface area contributed by atoms with Crippen LogP contribution in [-0.2, 0) is 11.3 Å². The zero-order valence-corrected chi connectivity index (χ0v) is 13.6. The Labute approximate surface area is 142 Å². The van der Waals surface area contributed by atoms with Crippen LogP contribution in [0.15, 0.2) is 29.6 Å². The molecule has 0 amide bonds. The summed E-state index contributed by atoms with van der Waals surface area (Å²) in [5, 5.41) is 12.9. The Hall–Kier alpha value is -2.03. The van der Waals surface area contributed by atoms with Crippen molar-refractivity contribution in [2.24, 2.45) is 0 Å². The van der Waals surface area contributed by atoms with Crippen molar-refractivity contribution in [1.29, 1.82) is 0 Å². The van der Waals surface area contributed by atoms with E-state index < -0.39 is 16.7 Å². The number of nitrogens with zero attached hydrogens (tertiary/aromatic N) is 1. The highest BCUT2D eigenvalue weighted by Crippen LogP contribution is 2.36. The third kappa shape index (κ3) is 3.19. The van der Waals surface area contributed by atoms with E-state index in [9.17, 15) is 19.3 Å². The molecular formula is C14H7ClFNO4S2. The molecule has 2 heterocycles. The van der Waals surface area contributed by atoms with Gasteiger partial charge in [0.1, 0.15) is 17.3 Å². The van der Waals surface area contributed by atoms with Gasteiger partial charge in [-0.1, -0.05) is 22.9 Å². The van der Waals surface area contributed by atoms with E-state index in [1.807, 2.05) is 0 Å². The van der Waals surface area contributed by atoms with Crippen molar-refractivity contribution in [3.05, 3.63) is 61.0 Å². The molecule has 2 aromatic heterocycles. The molecule has 5 nitrogen and oxygen atoms in total. The van der Waals surface area contributed by atoms with Crippen LogP contribution in [0.1, 0.15) is 15.2 Å². The van der Waals surface area contributed by atoms with Gasteiger partial charge in [-0.3, -0.25) is 10.1 Å². The lowest BCUT2D eigenvalue weighted by molar-refractivity contribution is -0.380. The first-order chi connectivity index (χ1) is 11.0. The fourth-order valence-electron chi connectivity index (χ4n) is 1.92. The van der Waals surface area contributed by atoms with Crippen molar-refractivity contribution >= 4 is 55.3 Å². The van der Waals surface area contributed by atoms with Gasteiger partial charge >= 0.3 is 11.0 Å². The summed E-state index contributed by atoms with van der Waals surface area (Å²) in [6.45, 7) is -0.0951. The number of hydrogen-bond acceptors (Lipinski definition) is 6. The van der Waals surface area contributed by atoms with Gasteiger partial charge in [0.05, 0.1) is 9.95 Å². The van der Waals surface area contributed by atoms with Crippen molar-refractivity contribution in [3.8, 4) is 0 Å². The molecular weight excluding hydrogens is 365 g/mol. The van der Waals surface area contributed by atoms with E-state index in [0.29, 0.717) is 15.6 Å². The lowest BCUT2D eigenvalue weighted by Gasteiger charge is -2.01. The minimum atomic E-state index is -0.648. The number of carbonyl (C=O) groups excluding carboxylic acids is 1. The van der Waals surface area contributed by atoms with Gasteiger partial charge in [-0.25, -0.2) is 9.18 Å². The van der Waals surface area contributed by atoms with E-state index in [1.54, 1.807) is 5.38 Å². The maximum atomic E-state index is 13.2. The van der Waals surface area contributed by atoms with Gasteiger partial charge in [0.15, 0.2) is 0 Å². The van der Waals surface area contributed by atoms with Crippen LogP contribution in [0.4, 0.5) is 9.39 Å². The van der Waals surface area contributed by atoms with Crippen molar-refractivity contribution < 1.29 is 18.8 Å². The minimum Gasteiger partial charge on any atom is -0.457 e. The summed E-state index contributed by atoms with van der Waals surface area (Å²) in [5.74, 6) is -1.06. The smallest absolute Gasteiger partial charge is 0.350 e. The summed E-state index contributed by atoms with van der Waals surface area (Å²) in [6.07, 6.45) is 0. The van der Waals surface area contributed by atoms with Gasteiger partial charge in [-0.05, 0) is 18.2 Å². The van der Waals surface area contributed by atoms with Gasteiger partial charge in [0.25, 0.3) is 0 Å². The van der Waals surface area contributed by atoms with Crippen molar-refractivity contribution in [1.82, 2.24) is 0 Å². The predicted octanol–water partition coefficient (Wildman–Crippen LogP) is 5.02. The van der Waals surface area contributed by atoms with Gasteiger partial charge in [-0.2, -0.15) is 0 Å². The molecule has 0 atom stereocenters. The average Bonchev–Trinajstić information content (AvgIpc) is 3.10. The molecule has 0 radical (unpaired) electrons. The van der Waals surface area contributed by atoms with Crippen molar-refractivity contribution in [2.75, 3.05) is 0 Å². The van der Waals surface area contributed by atoms with E-state index in [-0.39, 0.29) is 21.5 Å². The second kappa shape index (κ2) is 6.23. The molecule has 0 bridgehead atoms. The number of benzene rings is 1. The molecule has 9 heteroatoms. The van der Waals surface area contributed by atoms with Gasteiger partial charge in [0, 0.05) is 27.1 Å². The average molecular weight is 372 g/mol. The first kappa shape index (κ1) is 15.9. The van der Waals surface area contributed by atoms with Crippen LogP contribution in [0.25, 0.3) is 10.1 Å². The molecule has 0 N–H and O–H groups in total. The molecule has 0 aliphatic carbocycles. The highest BCUT2D eigenvalue weighted by Gasteiger charge is 2.19. The Morgan fingerprint density at radius 2 is 2.17 bits per heavy atom. The lowest BCUT2D eigenvalue weighted by atomic mass is 10.2. The third-order valence-electron chi connectivity index (χ3n) is 2.97. The number of carbonyl (C=O) groups is 1. The highest BCUT2D eigenvalue weighted by molar-refractivity contribution is 7.21. The van der Waals surface area contributed by atoms with E-state index in [0.717, 1.165) is 22.7 Å². The third-order valence-corrected chi connectivity index (χ3v) is 5.53. The number of nitro groups is 1. The Balaban J connectivity index is 1.77. The molecule has 23 heavy (non-hydrogen) atoms. The molecule has 0 spiro atoms. The Morgan fingerprint density at radius 3 is 2.87 bits per heavy atom. The van der Waals surface area contributed by atoms with Gasteiger partial charge in [0.2, 0.25) is 0 Å². The monoisotopic (exact) mass is 371 g/mol. The highest BCUT2D eigenvalue weighted by atomic mass is 35.5. The quantitative estimate of drug-likeness (QED) is 0.367. The van der Waals surface area contributed by atoms with Crippen LogP contribution in [0.3, 0.4) is 0 Å². The summed E-state index contributed by atoms with van der Waals surface area (Å²) in [5.41, 5.74) is 0.526. The molecule has 0 saturated heterocycles. The Kier molecular flexibility index (Phi) is 4.29. The summed E-state index contributed by atoms with van der Waals surface area (Å²) >= 11 is 8.13. The standard InChI is InChI=1S/C14H7ClFNO4S2/c15-12-9-2-1-8(16)4-10(9)23-13(12)14(18)21-5-7-3-11(17(19)20)22-6-7/h1-4,6H,5H2. The summed E-state index contributed by atoms with van der Waals surface area (Å²) in [4.78, 5) is 22.4. The molecule has 3 aromatic rings. The number of thiophene rings is 2. The summed E-state index contributed by atoms with van der Waals surface area (Å²) in [6, 6.07) is 5.41. The van der Waals surface area contributed by atoms with Crippen molar-refractivity contribution in [3.63, 3.8) is 0 Å². The van der Waals surface area contributed by atoms with Crippen LogP contribution in [-0.4, -0.2) is 10.9 Å². The maximum absolute atomic E-state index is 13.2. The number of rotatable bonds is 4. The SMILES string of the molecule is O=C(OCc1csc([N+](=O)[O-])c1)c1sc2cc(F)ccc2c1Cl. The molecule has 0 aliphatic rings. The van der Waals surface area contributed by atoms with Crippen LogP contribution in [0.5, 0.6) is 0 Å². The fraction of sp³-hybridized carbons (Fsp3) is 0.0714. The van der Waals surface area contributed by atoms with Gasteiger partial charge < -0.3 is 4.74 Å². The second-order valence-electron chi connectivity index (χ2n) is 4.51. The topological polar surface area (TPSA) is 69.4 Å². The Morgan fingerprint density at radius 1 is 1.39 bits per heavy atom. The number of esters is 1. The number of ether oxygens (including phenoxy) is 1. The van der Waals surface area contributed by atoms with Crippen molar-refractivity contribution in [2.45, 2.75) is 6.61 Å². The minimum absolute atomic E-state index is 0.0218. The Bertz CT molecular complexity index is 921. The summed E-state index contributed by atoms with van der Waals surface area (Å²) < 4.78 is 18.9. The molecule has 3 rings (SSSR count). The fourth-order valence-corrected chi connectivity index (χ4v) is 4.06. The first-order valence-electron chi connectivity index (χ1n) is 6.22. The van der Waals surface area contributed by atoms with Crippen LogP contribution >= 0.6 is 34.3 Å². The predicted molar refractivity (Wildman–Crippen MR) is 86.9 cm³/mol. The molecule has 1 aromatic carbocycles. The largest absolute Gasteiger partial charge is 0.457 e. The zero-order valence-electron chi connectivity index (χ0n) is 11.2. The number of halogens is 2. The molecule has 0 unspecified atom stereocenters. The molecule has 118 valence electrons. The molecule has 0 fully saturated rings. The van der Waals surface area contributed by atoms with E-state index >= 15 is 0 Å². The first-order valence-corrected chi connectivity index (χ1v) is 8.29. The number of hydrogen-bond donors (Lipinski definition) is 0. The van der Waals surface area contributed by atoms with Crippen LogP contribution < -0.4 is 0 Å². The van der Waals surface area contributed by atoms with Crippen LogP contribution in [0.2, 0.25) is 5.02 Å². The van der Waals surface area contributed by atoms with E-state index in [2.05, 4.69) is 0 Å². The van der Waals surface area contributed by atoms with E-state index in [4.69, 9.17) is 16.3 Å². The second-order valence-corrected chi connectivity index (χ2v) is 6.83. The van der Waals surface area contributed by atoms with Crippen LogP contribution in [0, 0.1) is 15.9 Å². The normalized spacial score (nSPS) is 10.9. The summed E-state index contributed by atoms with van der Waals surface area (Å²) in [7, 11) is 0. The lowest BCUT2D eigenvalue weighted by Crippen LogP contribution is -2.03. The number of fused-ring (bicyclic) bond motifs is 1. The van der Waals surface area contributed by atoms with E-state index in [1.165, 1.54) is 24.3 Å². The molecule has 0 aliphatic heterocycles.